The monoisotopic (exact) mass is 327 g/mol. The highest BCUT2D eigenvalue weighted by Crippen LogP contribution is 2.35. The van der Waals surface area contributed by atoms with Crippen LogP contribution in [0.5, 0.6) is 0 Å². The second-order valence-electron chi connectivity index (χ2n) is 6.74. The molecule has 0 spiro atoms. The molecular formula is C17H21N5O2. The summed E-state index contributed by atoms with van der Waals surface area (Å²) in [4.78, 5) is 16.3. The van der Waals surface area contributed by atoms with Crippen molar-refractivity contribution in [1.29, 1.82) is 0 Å². The molecule has 2 amide bonds. The van der Waals surface area contributed by atoms with Crippen LogP contribution in [-0.2, 0) is 5.54 Å². The maximum Gasteiger partial charge on any atom is 0.319 e. The normalized spacial score (nSPS) is 19.2. The van der Waals surface area contributed by atoms with E-state index in [0.717, 1.165) is 44.1 Å². The summed E-state index contributed by atoms with van der Waals surface area (Å²) in [6, 6.07) is 7.50. The molecule has 0 bridgehead atoms. The van der Waals surface area contributed by atoms with Crippen LogP contribution in [0, 0.1) is 0 Å². The van der Waals surface area contributed by atoms with Gasteiger partial charge in [0.05, 0.1) is 5.54 Å². The van der Waals surface area contributed by atoms with Gasteiger partial charge < -0.3 is 20.9 Å². The smallest absolute Gasteiger partial charge is 0.319 e. The predicted molar refractivity (Wildman–Crippen MR) is 89.2 cm³/mol. The lowest BCUT2D eigenvalue weighted by molar-refractivity contribution is 0.251. The topological polar surface area (TPSA) is 106 Å². The van der Waals surface area contributed by atoms with Crippen molar-refractivity contribution >= 4 is 11.7 Å². The Morgan fingerprint density at radius 3 is 2.83 bits per heavy atom. The number of rotatable bonds is 4. The average molecular weight is 327 g/mol. The van der Waals surface area contributed by atoms with E-state index in [9.17, 15) is 4.79 Å². The number of aromatic nitrogens is 2. The zero-order chi connectivity index (χ0) is 16.6. The molecule has 0 unspecified atom stereocenters. The highest BCUT2D eigenvalue weighted by Gasteiger charge is 2.36. The Labute approximate surface area is 140 Å². The minimum Gasteiger partial charge on any atom is -0.335 e. The van der Waals surface area contributed by atoms with E-state index >= 15 is 0 Å². The first kappa shape index (κ1) is 15.1. The summed E-state index contributed by atoms with van der Waals surface area (Å²) in [6.45, 7) is 0. The maximum atomic E-state index is 11.8. The van der Waals surface area contributed by atoms with Crippen LogP contribution >= 0.6 is 0 Å². The van der Waals surface area contributed by atoms with E-state index in [0.29, 0.717) is 23.4 Å². The van der Waals surface area contributed by atoms with E-state index < -0.39 is 5.54 Å². The number of benzene rings is 1. The third-order valence-electron chi connectivity index (χ3n) is 4.65. The van der Waals surface area contributed by atoms with Crippen molar-refractivity contribution in [2.45, 2.75) is 50.1 Å². The average Bonchev–Trinajstić information content (AvgIpc) is 3.06. The Morgan fingerprint density at radius 2 is 2.08 bits per heavy atom. The molecule has 0 atom stereocenters. The molecule has 4 rings (SSSR count). The van der Waals surface area contributed by atoms with Gasteiger partial charge in [-0.15, -0.1) is 0 Å². The molecule has 2 aromatic rings. The first-order chi connectivity index (χ1) is 11.6. The summed E-state index contributed by atoms with van der Waals surface area (Å²) in [7, 11) is 0. The number of nitrogens with two attached hydrogens (primary N) is 1. The Morgan fingerprint density at radius 1 is 1.29 bits per heavy atom. The van der Waals surface area contributed by atoms with Crippen LogP contribution in [-0.4, -0.2) is 22.2 Å². The molecule has 1 heterocycles. The second kappa shape index (κ2) is 5.90. The van der Waals surface area contributed by atoms with E-state index in [1.54, 1.807) is 0 Å². The van der Waals surface area contributed by atoms with E-state index in [2.05, 4.69) is 20.8 Å². The molecule has 2 aliphatic rings. The van der Waals surface area contributed by atoms with Crippen molar-refractivity contribution in [1.82, 2.24) is 15.5 Å². The Bertz CT molecular complexity index is 747. The van der Waals surface area contributed by atoms with Gasteiger partial charge in [0.2, 0.25) is 0 Å². The van der Waals surface area contributed by atoms with Gasteiger partial charge in [-0.1, -0.05) is 24.1 Å². The van der Waals surface area contributed by atoms with Gasteiger partial charge in [-0.25, -0.2) is 4.79 Å². The van der Waals surface area contributed by atoms with Gasteiger partial charge >= 0.3 is 6.03 Å². The third-order valence-corrected chi connectivity index (χ3v) is 4.65. The van der Waals surface area contributed by atoms with Gasteiger partial charge in [0.1, 0.15) is 0 Å². The Kier molecular flexibility index (Phi) is 3.72. The molecule has 0 radical (unpaired) electrons. The number of hydrogen-bond acceptors (Lipinski definition) is 5. The molecular weight excluding hydrogens is 306 g/mol. The predicted octanol–water partition coefficient (Wildman–Crippen LogP) is 2.75. The fourth-order valence-corrected chi connectivity index (χ4v) is 3.08. The molecule has 126 valence electrons. The Hall–Kier alpha value is -2.41. The molecule has 7 nitrogen and oxygen atoms in total. The lowest BCUT2D eigenvalue weighted by atomic mass is 9.99. The molecule has 0 aliphatic heterocycles. The van der Waals surface area contributed by atoms with Crippen LogP contribution < -0.4 is 16.4 Å². The number of hydrogen-bond donors (Lipinski definition) is 3. The third kappa shape index (κ3) is 3.12. The SMILES string of the molecule is NC1(c2noc(-c3cccc(NC(=O)NC4CC4)c3)n2)CCCC1. The fourth-order valence-electron chi connectivity index (χ4n) is 3.08. The Balaban J connectivity index is 1.50. The quantitative estimate of drug-likeness (QED) is 0.800. The number of nitrogens with one attached hydrogen (secondary N) is 2. The van der Waals surface area contributed by atoms with Crippen molar-refractivity contribution < 1.29 is 9.32 Å². The first-order valence-corrected chi connectivity index (χ1v) is 8.43. The number of carbonyl (C=O) groups excluding carboxylic acids is 1. The van der Waals surface area contributed by atoms with Gasteiger partial charge in [0.15, 0.2) is 5.82 Å². The number of carbonyl (C=O) groups is 1. The number of urea groups is 1. The van der Waals surface area contributed by atoms with Crippen molar-refractivity contribution in [3.8, 4) is 11.5 Å². The largest absolute Gasteiger partial charge is 0.335 e. The first-order valence-electron chi connectivity index (χ1n) is 8.43. The summed E-state index contributed by atoms with van der Waals surface area (Å²) < 4.78 is 5.39. The van der Waals surface area contributed by atoms with E-state index in [1.807, 2.05) is 24.3 Å². The van der Waals surface area contributed by atoms with Crippen molar-refractivity contribution in [3.63, 3.8) is 0 Å². The fraction of sp³-hybridized carbons (Fsp3) is 0.471. The summed E-state index contributed by atoms with van der Waals surface area (Å²) >= 11 is 0. The highest BCUT2D eigenvalue weighted by molar-refractivity contribution is 5.90. The minimum absolute atomic E-state index is 0.187. The molecule has 4 N–H and O–H groups in total. The molecule has 1 aromatic heterocycles. The van der Waals surface area contributed by atoms with Crippen LogP contribution in [0.3, 0.4) is 0 Å². The summed E-state index contributed by atoms with van der Waals surface area (Å²) in [5.74, 6) is 0.993. The molecule has 2 fully saturated rings. The van der Waals surface area contributed by atoms with Crippen molar-refractivity contribution in [3.05, 3.63) is 30.1 Å². The van der Waals surface area contributed by atoms with E-state index in [1.165, 1.54) is 0 Å². The van der Waals surface area contributed by atoms with Crippen LogP contribution in [0.2, 0.25) is 0 Å². The molecule has 1 aromatic carbocycles. The van der Waals surface area contributed by atoms with Crippen molar-refractivity contribution in [2.75, 3.05) is 5.32 Å². The van der Waals surface area contributed by atoms with E-state index in [-0.39, 0.29) is 6.03 Å². The summed E-state index contributed by atoms with van der Waals surface area (Å²) in [5, 5.41) is 9.79. The maximum absolute atomic E-state index is 11.8. The van der Waals surface area contributed by atoms with E-state index in [4.69, 9.17) is 10.3 Å². The zero-order valence-electron chi connectivity index (χ0n) is 13.4. The van der Waals surface area contributed by atoms with Gasteiger partial charge in [-0.2, -0.15) is 4.98 Å². The van der Waals surface area contributed by atoms with Gasteiger partial charge in [0, 0.05) is 17.3 Å². The molecule has 0 saturated heterocycles. The molecule has 24 heavy (non-hydrogen) atoms. The lowest BCUT2D eigenvalue weighted by Gasteiger charge is -2.17. The summed E-state index contributed by atoms with van der Waals surface area (Å²) in [5.41, 5.74) is 7.35. The standard InChI is InChI=1S/C17H21N5O2/c18-17(8-1-2-9-17)15-21-14(24-22-15)11-4-3-5-13(10-11)20-16(23)19-12-6-7-12/h3-5,10,12H,1-2,6-9,18H2,(H2,19,20,23). The number of amides is 2. The van der Waals surface area contributed by atoms with Crippen LogP contribution in [0.1, 0.15) is 44.3 Å². The molecule has 2 saturated carbocycles. The number of anilines is 1. The van der Waals surface area contributed by atoms with Crippen molar-refractivity contribution in [2.24, 2.45) is 5.73 Å². The summed E-state index contributed by atoms with van der Waals surface area (Å²) in [6.07, 6.45) is 6.06. The molecule has 2 aliphatic carbocycles. The van der Waals surface area contributed by atoms with Crippen LogP contribution in [0.25, 0.3) is 11.5 Å². The zero-order valence-corrected chi connectivity index (χ0v) is 13.4. The second-order valence-corrected chi connectivity index (χ2v) is 6.74. The molecule has 7 heteroatoms. The lowest BCUT2D eigenvalue weighted by Crippen LogP contribution is -2.34. The minimum atomic E-state index is -0.470. The van der Waals surface area contributed by atoms with Gasteiger partial charge in [0.25, 0.3) is 5.89 Å². The highest BCUT2D eigenvalue weighted by atomic mass is 16.5. The van der Waals surface area contributed by atoms with Crippen LogP contribution in [0.15, 0.2) is 28.8 Å². The van der Waals surface area contributed by atoms with Crippen LogP contribution in [0.4, 0.5) is 10.5 Å². The van der Waals surface area contributed by atoms with Gasteiger partial charge in [-0.05, 0) is 43.9 Å². The number of nitrogens with zero attached hydrogens (tertiary/aromatic N) is 2. The van der Waals surface area contributed by atoms with Gasteiger partial charge in [-0.3, -0.25) is 0 Å².